The minimum Gasteiger partial charge on any atom is -0.471 e. The van der Waals surface area contributed by atoms with Gasteiger partial charge >= 0.3 is 0 Å². The molecule has 0 aromatic heterocycles. The third kappa shape index (κ3) is 12.4. The summed E-state index contributed by atoms with van der Waals surface area (Å²) in [6, 6.07) is 0. The van der Waals surface area contributed by atoms with Crippen molar-refractivity contribution in [2.45, 2.75) is 33.6 Å². The van der Waals surface area contributed by atoms with Crippen LogP contribution < -0.4 is 5.32 Å². The highest BCUT2D eigenvalue weighted by molar-refractivity contribution is 7.80. The van der Waals surface area contributed by atoms with E-state index in [1.54, 1.807) is 6.92 Å². The predicted octanol–water partition coefficient (Wildman–Crippen LogP) is 2.54. The van der Waals surface area contributed by atoms with Gasteiger partial charge in [0.25, 0.3) is 5.17 Å². The Labute approximate surface area is 81.7 Å². The third-order valence-corrected chi connectivity index (χ3v) is 1.22. The van der Waals surface area contributed by atoms with Crippen molar-refractivity contribution in [3.63, 3.8) is 0 Å². The predicted molar refractivity (Wildman–Crippen MR) is 58.2 cm³/mol. The molecular formula is C9H20NOS. The second kappa shape index (κ2) is 13.3. The van der Waals surface area contributed by atoms with Gasteiger partial charge in [0.15, 0.2) is 0 Å². The lowest BCUT2D eigenvalue weighted by molar-refractivity contribution is 0.298. The van der Waals surface area contributed by atoms with Gasteiger partial charge in [-0.15, -0.1) is 0 Å². The standard InChI is InChI=1S/C7H15NOS.C2H5/c1-3-5-8-7(10)9-6-4-2;1-2/h3-6H2,1-2H3,(H,8,10);1H2,2H3. The fourth-order valence-electron chi connectivity index (χ4n) is 0.473. The van der Waals surface area contributed by atoms with Crippen LogP contribution in [-0.4, -0.2) is 18.3 Å². The van der Waals surface area contributed by atoms with Gasteiger partial charge in [0.1, 0.15) is 0 Å². The van der Waals surface area contributed by atoms with Gasteiger partial charge in [-0.05, 0) is 25.1 Å². The van der Waals surface area contributed by atoms with Gasteiger partial charge in [-0.25, -0.2) is 0 Å². The second-order valence-electron chi connectivity index (χ2n) is 2.06. The van der Waals surface area contributed by atoms with Crippen molar-refractivity contribution in [1.29, 1.82) is 0 Å². The van der Waals surface area contributed by atoms with Crippen LogP contribution in [0.15, 0.2) is 0 Å². The first-order valence-electron chi connectivity index (χ1n) is 4.42. The van der Waals surface area contributed by atoms with Gasteiger partial charge in [0.2, 0.25) is 0 Å². The molecule has 0 rings (SSSR count). The summed E-state index contributed by atoms with van der Waals surface area (Å²) < 4.78 is 5.11. The summed E-state index contributed by atoms with van der Waals surface area (Å²) in [4.78, 5) is 0. The van der Waals surface area contributed by atoms with E-state index < -0.39 is 0 Å². The van der Waals surface area contributed by atoms with Crippen LogP contribution in [0.2, 0.25) is 0 Å². The Hall–Kier alpha value is -0.310. The van der Waals surface area contributed by atoms with Crippen LogP contribution >= 0.6 is 12.2 Å². The molecule has 0 aromatic carbocycles. The number of rotatable bonds is 4. The van der Waals surface area contributed by atoms with Gasteiger partial charge < -0.3 is 10.1 Å². The van der Waals surface area contributed by atoms with Gasteiger partial charge in [-0.3, -0.25) is 0 Å². The first kappa shape index (κ1) is 14.2. The molecule has 0 aromatic rings. The third-order valence-electron chi connectivity index (χ3n) is 0.957. The summed E-state index contributed by atoms with van der Waals surface area (Å²) in [6.45, 7) is 10.8. The quantitative estimate of drug-likeness (QED) is 0.688. The molecule has 0 fully saturated rings. The lowest BCUT2D eigenvalue weighted by atomic mass is 10.5. The monoisotopic (exact) mass is 190 g/mol. The fourth-order valence-corrected chi connectivity index (χ4v) is 0.658. The summed E-state index contributed by atoms with van der Waals surface area (Å²) in [5, 5.41) is 3.51. The zero-order valence-corrected chi connectivity index (χ0v) is 9.17. The smallest absolute Gasteiger partial charge is 0.256 e. The molecule has 2 nitrogen and oxygen atoms in total. The van der Waals surface area contributed by atoms with Crippen LogP contribution in [-0.2, 0) is 4.74 Å². The Balaban J connectivity index is 0. The number of nitrogens with one attached hydrogen (secondary N) is 1. The molecule has 0 atom stereocenters. The van der Waals surface area contributed by atoms with Gasteiger partial charge in [-0.1, -0.05) is 27.7 Å². The highest BCUT2D eigenvalue weighted by Crippen LogP contribution is 1.82. The molecule has 0 saturated heterocycles. The van der Waals surface area contributed by atoms with E-state index in [1.165, 1.54) is 0 Å². The van der Waals surface area contributed by atoms with Crippen LogP contribution in [0.4, 0.5) is 0 Å². The van der Waals surface area contributed by atoms with Gasteiger partial charge in [0.05, 0.1) is 6.61 Å². The zero-order valence-electron chi connectivity index (χ0n) is 8.35. The summed E-state index contributed by atoms with van der Waals surface area (Å²) in [6.07, 6.45) is 2.09. The maximum absolute atomic E-state index is 5.11. The van der Waals surface area contributed by atoms with E-state index in [-0.39, 0.29) is 0 Å². The van der Waals surface area contributed by atoms with Crippen molar-refractivity contribution < 1.29 is 4.74 Å². The molecule has 0 spiro atoms. The molecule has 0 heterocycles. The van der Waals surface area contributed by atoms with Crippen molar-refractivity contribution in [2.24, 2.45) is 0 Å². The SMILES string of the molecule is CCCNC(=S)OCCC.[CH2]C. The summed E-state index contributed by atoms with van der Waals surface area (Å²) in [5.74, 6) is 0. The minimum absolute atomic E-state index is 0.531. The van der Waals surface area contributed by atoms with Crippen LogP contribution in [0.5, 0.6) is 0 Å². The molecule has 1 radical (unpaired) electrons. The molecule has 73 valence electrons. The molecule has 0 amide bonds. The molecule has 0 aliphatic rings. The highest BCUT2D eigenvalue weighted by Gasteiger charge is 1.91. The maximum atomic E-state index is 5.11. The fraction of sp³-hybridized carbons (Fsp3) is 0.778. The Kier molecular flexibility index (Phi) is 15.8. The molecule has 1 N–H and O–H groups in total. The topological polar surface area (TPSA) is 21.3 Å². The first-order valence-corrected chi connectivity index (χ1v) is 4.83. The molecule has 0 aliphatic heterocycles. The maximum Gasteiger partial charge on any atom is 0.256 e. The zero-order chi connectivity index (χ0) is 9.82. The normalized spacial score (nSPS) is 8.00. The van der Waals surface area contributed by atoms with E-state index in [9.17, 15) is 0 Å². The van der Waals surface area contributed by atoms with Crippen LogP contribution in [0.3, 0.4) is 0 Å². The van der Waals surface area contributed by atoms with Crippen molar-refractivity contribution in [1.82, 2.24) is 5.32 Å². The van der Waals surface area contributed by atoms with Gasteiger partial charge in [-0.2, -0.15) is 0 Å². The molecule has 0 unspecified atom stereocenters. The molecular weight excluding hydrogens is 170 g/mol. The first-order chi connectivity index (χ1) is 5.81. The Morgan fingerprint density at radius 2 is 1.92 bits per heavy atom. The Bertz CT molecular complexity index is 86.5. The lowest BCUT2D eigenvalue weighted by Gasteiger charge is -2.06. The lowest BCUT2D eigenvalue weighted by Crippen LogP contribution is -2.24. The van der Waals surface area contributed by atoms with Crippen molar-refractivity contribution in [2.75, 3.05) is 13.2 Å². The summed E-state index contributed by atoms with van der Waals surface area (Å²) in [7, 11) is 0. The van der Waals surface area contributed by atoms with Crippen LogP contribution in [0.25, 0.3) is 0 Å². The van der Waals surface area contributed by atoms with Crippen LogP contribution in [0, 0.1) is 6.92 Å². The summed E-state index contributed by atoms with van der Waals surface area (Å²) >= 11 is 4.85. The number of thiocarbonyl (C=S) groups is 1. The number of ether oxygens (including phenoxy) is 1. The van der Waals surface area contributed by atoms with Crippen LogP contribution in [0.1, 0.15) is 33.6 Å². The minimum atomic E-state index is 0.531. The number of hydrogen-bond acceptors (Lipinski definition) is 2. The Morgan fingerprint density at radius 3 is 2.33 bits per heavy atom. The number of hydrogen-bond donors (Lipinski definition) is 1. The van der Waals surface area contributed by atoms with Crippen molar-refractivity contribution >= 4 is 17.4 Å². The molecule has 0 saturated carbocycles. The Morgan fingerprint density at radius 1 is 1.33 bits per heavy atom. The second-order valence-corrected chi connectivity index (χ2v) is 2.43. The van der Waals surface area contributed by atoms with Crippen molar-refractivity contribution in [3.8, 4) is 0 Å². The van der Waals surface area contributed by atoms with E-state index in [1.807, 2.05) is 0 Å². The van der Waals surface area contributed by atoms with E-state index in [0.29, 0.717) is 5.17 Å². The molecule has 0 aliphatic carbocycles. The highest BCUT2D eigenvalue weighted by atomic mass is 32.1. The molecule has 12 heavy (non-hydrogen) atoms. The van der Waals surface area contributed by atoms with Gasteiger partial charge in [0, 0.05) is 6.54 Å². The van der Waals surface area contributed by atoms with Crippen molar-refractivity contribution in [3.05, 3.63) is 6.92 Å². The summed E-state index contributed by atoms with van der Waals surface area (Å²) in [5.41, 5.74) is 0. The van der Waals surface area contributed by atoms with E-state index in [2.05, 4.69) is 26.1 Å². The van der Waals surface area contributed by atoms with E-state index in [4.69, 9.17) is 17.0 Å². The molecule has 3 heteroatoms. The largest absolute Gasteiger partial charge is 0.471 e. The van der Waals surface area contributed by atoms with E-state index >= 15 is 0 Å². The molecule has 0 bridgehead atoms. The average Bonchev–Trinajstić information content (AvgIpc) is 2.14. The average molecular weight is 190 g/mol. The van der Waals surface area contributed by atoms with E-state index in [0.717, 1.165) is 26.0 Å².